The Balaban J connectivity index is 1.68. The normalized spacial score (nSPS) is 19.1. The summed E-state index contributed by atoms with van der Waals surface area (Å²) in [6, 6.07) is 6.62. The standard InChI is InChI=1S/C16H23N3O/c1-12(2)18-7-9-19(10-8-18)16(20)14-3-4-15-13(11-14)5-6-17-15/h3-4,11-12,17H,5-10H2,1-2H3. The summed E-state index contributed by atoms with van der Waals surface area (Å²) >= 11 is 0. The van der Waals surface area contributed by atoms with Gasteiger partial charge in [0.2, 0.25) is 0 Å². The summed E-state index contributed by atoms with van der Waals surface area (Å²) < 4.78 is 0. The van der Waals surface area contributed by atoms with Gasteiger partial charge in [0.1, 0.15) is 0 Å². The summed E-state index contributed by atoms with van der Waals surface area (Å²) in [6.45, 7) is 9.06. The SMILES string of the molecule is CC(C)N1CCN(C(=O)c2ccc3c(c2)CCN3)CC1. The molecule has 2 aliphatic rings. The van der Waals surface area contributed by atoms with Crippen molar-refractivity contribution in [1.29, 1.82) is 0 Å². The fourth-order valence-corrected chi connectivity index (χ4v) is 3.06. The highest BCUT2D eigenvalue weighted by molar-refractivity contribution is 5.95. The average Bonchev–Trinajstić information content (AvgIpc) is 2.94. The maximum atomic E-state index is 12.6. The van der Waals surface area contributed by atoms with Crippen LogP contribution in [-0.4, -0.2) is 54.5 Å². The molecule has 4 heteroatoms. The van der Waals surface area contributed by atoms with Crippen molar-refractivity contribution in [3.63, 3.8) is 0 Å². The van der Waals surface area contributed by atoms with Crippen molar-refractivity contribution < 1.29 is 4.79 Å². The first-order valence-electron chi connectivity index (χ1n) is 7.55. The minimum absolute atomic E-state index is 0.183. The molecule has 1 fully saturated rings. The van der Waals surface area contributed by atoms with Crippen LogP contribution < -0.4 is 5.32 Å². The van der Waals surface area contributed by atoms with Crippen LogP contribution in [0.4, 0.5) is 5.69 Å². The van der Waals surface area contributed by atoms with Gasteiger partial charge >= 0.3 is 0 Å². The minimum Gasteiger partial charge on any atom is -0.384 e. The third kappa shape index (κ3) is 2.52. The van der Waals surface area contributed by atoms with Gasteiger partial charge in [-0.15, -0.1) is 0 Å². The van der Waals surface area contributed by atoms with Crippen molar-refractivity contribution in [2.45, 2.75) is 26.3 Å². The van der Waals surface area contributed by atoms with Crippen LogP contribution >= 0.6 is 0 Å². The summed E-state index contributed by atoms with van der Waals surface area (Å²) in [5, 5.41) is 3.33. The fourth-order valence-electron chi connectivity index (χ4n) is 3.06. The van der Waals surface area contributed by atoms with E-state index in [4.69, 9.17) is 0 Å². The zero-order chi connectivity index (χ0) is 14.1. The number of nitrogens with zero attached hydrogens (tertiary/aromatic N) is 2. The molecule has 0 radical (unpaired) electrons. The first-order chi connectivity index (χ1) is 9.65. The number of amides is 1. The third-order valence-corrected chi connectivity index (χ3v) is 4.39. The molecule has 1 N–H and O–H groups in total. The maximum Gasteiger partial charge on any atom is 0.253 e. The number of hydrogen-bond donors (Lipinski definition) is 1. The lowest BCUT2D eigenvalue weighted by atomic mass is 10.1. The van der Waals surface area contributed by atoms with E-state index in [0.717, 1.165) is 44.7 Å². The molecule has 20 heavy (non-hydrogen) atoms. The molecule has 0 atom stereocenters. The van der Waals surface area contributed by atoms with Crippen LogP contribution in [0.25, 0.3) is 0 Å². The Morgan fingerprint density at radius 2 is 1.95 bits per heavy atom. The van der Waals surface area contributed by atoms with Gasteiger partial charge in [0.15, 0.2) is 0 Å². The van der Waals surface area contributed by atoms with E-state index in [2.05, 4.69) is 30.1 Å². The largest absolute Gasteiger partial charge is 0.384 e. The van der Waals surface area contributed by atoms with E-state index in [1.807, 2.05) is 17.0 Å². The molecule has 0 aromatic heterocycles. The Labute approximate surface area is 120 Å². The van der Waals surface area contributed by atoms with Crippen LogP contribution in [0.5, 0.6) is 0 Å². The number of benzene rings is 1. The molecule has 2 heterocycles. The monoisotopic (exact) mass is 273 g/mol. The van der Waals surface area contributed by atoms with Crippen molar-refractivity contribution in [2.24, 2.45) is 0 Å². The summed E-state index contributed by atoms with van der Waals surface area (Å²) in [6.07, 6.45) is 1.03. The number of carbonyl (C=O) groups excluding carboxylic acids is 1. The van der Waals surface area contributed by atoms with E-state index in [0.29, 0.717) is 6.04 Å². The van der Waals surface area contributed by atoms with Gasteiger partial charge in [-0.2, -0.15) is 0 Å². The molecule has 3 rings (SSSR count). The number of fused-ring (bicyclic) bond motifs is 1. The Morgan fingerprint density at radius 3 is 2.65 bits per heavy atom. The number of anilines is 1. The van der Waals surface area contributed by atoms with Gasteiger partial charge in [-0.25, -0.2) is 0 Å². The Kier molecular flexibility index (Phi) is 3.66. The number of hydrogen-bond acceptors (Lipinski definition) is 3. The summed E-state index contributed by atoms with van der Waals surface area (Å²) in [5.74, 6) is 0.183. The molecule has 2 aliphatic heterocycles. The Bertz CT molecular complexity index is 504. The first-order valence-corrected chi connectivity index (χ1v) is 7.55. The quantitative estimate of drug-likeness (QED) is 0.893. The molecule has 0 saturated carbocycles. The van der Waals surface area contributed by atoms with E-state index in [-0.39, 0.29) is 5.91 Å². The van der Waals surface area contributed by atoms with Crippen LogP contribution in [0, 0.1) is 0 Å². The summed E-state index contributed by atoms with van der Waals surface area (Å²) in [4.78, 5) is 17.0. The predicted molar refractivity (Wildman–Crippen MR) is 81.2 cm³/mol. The van der Waals surface area contributed by atoms with Crippen LogP contribution in [-0.2, 0) is 6.42 Å². The maximum absolute atomic E-state index is 12.6. The van der Waals surface area contributed by atoms with Crippen LogP contribution in [0.3, 0.4) is 0 Å². The van der Waals surface area contributed by atoms with Crippen molar-refractivity contribution in [3.05, 3.63) is 29.3 Å². The molecule has 0 spiro atoms. The Morgan fingerprint density at radius 1 is 1.20 bits per heavy atom. The topological polar surface area (TPSA) is 35.6 Å². The van der Waals surface area contributed by atoms with Crippen molar-refractivity contribution in [3.8, 4) is 0 Å². The minimum atomic E-state index is 0.183. The van der Waals surface area contributed by atoms with E-state index < -0.39 is 0 Å². The summed E-state index contributed by atoms with van der Waals surface area (Å²) in [7, 11) is 0. The Hall–Kier alpha value is -1.55. The highest BCUT2D eigenvalue weighted by Gasteiger charge is 2.24. The molecule has 1 aromatic rings. The molecular formula is C16H23N3O. The van der Waals surface area contributed by atoms with E-state index >= 15 is 0 Å². The van der Waals surface area contributed by atoms with Gasteiger partial charge in [0.25, 0.3) is 5.91 Å². The highest BCUT2D eigenvalue weighted by atomic mass is 16.2. The zero-order valence-corrected chi connectivity index (χ0v) is 12.4. The third-order valence-electron chi connectivity index (χ3n) is 4.39. The van der Waals surface area contributed by atoms with Gasteiger partial charge in [0, 0.05) is 50.0 Å². The van der Waals surface area contributed by atoms with Crippen molar-refractivity contribution in [1.82, 2.24) is 9.80 Å². The number of nitrogens with one attached hydrogen (secondary N) is 1. The zero-order valence-electron chi connectivity index (χ0n) is 12.4. The lowest BCUT2D eigenvalue weighted by molar-refractivity contribution is 0.0595. The first kappa shape index (κ1) is 13.4. The van der Waals surface area contributed by atoms with Gasteiger partial charge < -0.3 is 10.2 Å². The second kappa shape index (κ2) is 5.44. The second-order valence-corrected chi connectivity index (χ2v) is 5.97. The summed E-state index contributed by atoms with van der Waals surface area (Å²) in [5.41, 5.74) is 3.30. The van der Waals surface area contributed by atoms with Gasteiger partial charge in [-0.1, -0.05) is 0 Å². The van der Waals surface area contributed by atoms with Crippen molar-refractivity contribution >= 4 is 11.6 Å². The number of rotatable bonds is 2. The second-order valence-electron chi connectivity index (χ2n) is 5.97. The molecule has 1 amide bonds. The van der Waals surface area contributed by atoms with E-state index in [9.17, 15) is 4.79 Å². The molecule has 108 valence electrons. The van der Waals surface area contributed by atoms with Gasteiger partial charge in [-0.05, 0) is 44.0 Å². The molecule has 1 saturated heterocycles. The molecular weight excluding hydrogens is 250 g/mol. The highest BCUT2D eigenvalue weighted by Crippen LogP contribution is 2.23. The van der Waals surface area contributed by atoms with E-state index in [1.165, 1.54) is 11.3 Å². The molecule has 4 nitrogen and oxygen atoms in total. The number of piperazine rings is 1. The van der Waals surface area contributed by atoms with Gasteiger partial charge in [-0.3, -0.25) is 9.69 Å². The van der Waals surface area contributed by atoms with Gasteiger partial charge in [0.05, 0.1) is 0 Å². The lowest BCUT2D eigenvalue weighted by Crippen LogP contribution is -2.50. The lowest BCUT2D eigenvalue weighted by Gasteiger charge is -2.37. The molecule has 0 bridgehead atoms. The van der Waals surface area contributed by atoms with Crippen molar-refractivity contribution in [2.75, 3.05) is 38.0 Å². The average molecular weight is 273 g/mol. The molecule has 1 aromatic carbocycles. The smallest absolute Gasteiger partial charge is 0.253 e. The fraction of sp³-hybridized carbons (Fsp3) is 0.562. The number of carbonyl (C=O) groups is 1. The van der Waals surface area contributed by atoms with Crippen LogP contribution in [0.15, 0.2) is 18.2 Å². The molecule has 0 unspecified atom stereocenters. The van der Waals surface area contributed by atoms with E-state index in [1.54, 1.807) is 0 Å². The van der Waals surface area contributed by atoms with Crippen LogP contribution in [0.2, 0.25) is 0 Å². The molecule has 0 aliphatic carbocycles. The van der Waals surface area contributed by atoms with Crippen LogP contribution in [0.1, 0.15) is 29.8 Å². The predicted octanol–water partition coefficient (Wildman–Crippen LogP) is 1.82.